The standard InChI is InChI=1S/C18H24N4O/c1-5-13(2)19-18-20-14(3)11-16(21-18)17(23)22(4)12-15-9-7-6-8-10-15/h6-11,13H,5,12H2,1-4H3,(H,19,20,21). The van der Waals surface area contributed by atoms with Crippen molar-refractivity contribution in [2.75, 3.05) is 12.4 Å². The van der Waals surface area contributed by atoms with Crippen molar-refractivity contribution in [2.24, 2.45) is 0 Å². The molecule has 0 aliphatic heterocycles. The third kappa shape index (κ3) is 4.77. The largest absolute Gasteiger partial charge is 0.352 e. The lowest BCUT2D eigenvalue weighted by Gasteiger charge is -2.18. The molecule has 0 saturated heterocycles. The average molecular weight is 312 g/mol. The second kappa shape index (κ2) is 7.72. The highest BCUT2D eigenvalue weighted by molar-refractivity contribution is 5.92. The average Bonchev–Trinajstić information content (AvgIpc) is 2.54. The van der Waals surface area contributed by atoms with E-state index >= 15 is 0 Å². The number of carbonyl (C=O) groups excluding carboxylic acids is 1. The Morgan fingerprint density at radius 3 is 2.61 bits per heavy atom. The third-order valence-corrected chi connectivity index (χ3v) is 3.67. The molecule has 0 bridgehead atoms. The second-order valence-electron chi connectivity index (χ2n) is 5.82. The highest BCUT2D eigenvalue weighted by Crippen LogP contribution is 2.11. The van der Waals surface area contributed by atoms with Crippen molar-refractivity contribution in [1.29, 1.82) is 0 Å². The van der Waals surface area contributed by atoms with Crippen molar-refractivity contribution in [3.05, 3.63) is 53.3 Å². The number of nitrogens with one attached hydrogen (secondary N) is 1. The maximum Gasteiger partial charge on any atom is 0.272 e. The fourth-order valence-electron chi connectivity index (χ4n) is 2.19. The minimum Gasteiger partial charge on any atom is -0.352 e. The van der Waals surface area contributed by atoms with E-state index in [1.54, 1.807) is 18.0 Å². The van der Waals surface area contributed by atoms with Gasteiger partial charge >= 0.3 is 0 Å². The molecule has 1 aromatic heterocycles. The minimum absolute atomic E-state index is 0.105. The third-order valence-electron chi connectivity index (χ3n) is 3.67. The van der Waals surface area contributed by atoms with Gasteiger partial charge in [-0.15, -0.1) is 0 Å². The zero-order valence-electron chi connectivity index (χ0n) is 14.2. The Labute approximate surface area is 137 Å². The maximum atomic E-state index is 12.6. The van der Waals surface area contributed by atoms with Crippen LogP contribution in [0, 0.1) is 6.92 Å². The smallest absolute Gasteiger partial charge is 0.272 e. The van der Waals surface area contributed by atoms with Gasteiger partial charge in [0.1, 0.15) is 5.69 Å². The topological polar surface area (TPSA) is 58.1 Å². The van der Waals surface area contributed by atoms with Crippen LogP contribution in [0.2, 0.25) is 0 Å². The second-order valence-corrected chi connectivity index (χ2v) is 5.82. The molecule has 0 aliphatic carbocycles. The van der Waals surface area contributed by atoms with Gasteiger partial charge in [-0.3, -0.25) is 4.79 Å². The van der Waals surface area contributed by atoms with Crippen molar-refractivity contribution in [3.8, 4) is 0 Å². The first-order valence-corrected chi connectivity index (χ1v) is 7.91. The first kappa shape index (κ1) is 16.9. The van der Waals surface area contributed by atoms with E-state index in [2.05, 4.69) is 29.1 Å². The zero-order chi connectivity index (χ0) is 16.8. The first-order chi connectivity index (χ1) is 11.0. The maximum absolute atomic E-state index is 12.6. The molecule has 1 amide bonds. The molecule has 5 heteroatoms. The number of nitrogens with zero attached hydrogens (tertiary/aromatic N) is 3. The molecule has 1 N–H and O–H groups in total. The normalized spacial score (nSPS) is 11.8. The molecule has 0 radical (unpaired) electrons. The van der Waals surface area contributed by atoms with Crippen LogP contribution in [0.25, 0.3) is 0 Å². The molecule has 0 aliphatic rings. The number of aryl methyl sites for hydroxylation is 1. The Bertz CT molecular complexity index is 657. The lowest BCUT2D eigenvalue weighted by Crippen LogP contribution is -2.28. The number of rotatable bonds is 6. The van der Waals surface area contributed by atoms with Crippen molar-refractivity contribution in [2.45, 2.75) is 39.8 Å². The summed E-state index contributed by atoms with van der Waals surface area (Å²) in [7, 11) is 1.79. The van der Waals surface area contributed by atoms with Crippen LogP contribution in [0.3, 0.4) is 0 Å². The van der Waals surface area contributed by atoms with Gasteiger partial charge in [-0.05, 0) is 31.9 Å². The summed E-state index contributed by atoms with van der Waals surface area (Å²) >= 11 is 0. The summed E-state index contributed by atoms with van der Waals surface area (Å²) in [5, 5.41) is 3.22. The molecule has 23 heavy (non-hydrogen) atoms. The molecule has 5 nitrogen and oxygen atoms in total. The van der Waals surface area contributed by atoms with Gasteiger partial charge in [0.05, 0.1) is 0 Å². The van der Waals surface area contributed by atoms with Gasteiger partial charge in [0.2, 0.25) is 5.95 Å². The Kier molecular flexibility index (Phi) is 5.68. The van der Waals surface area contributed by atoms with Crippen molar-refractivity contribution in [1.82, 2.24) is 14.9 Å². The molecule has 0 saturated carbocycles. The van der Waals surface area contributed by atoms with Crippen LogP contribution in [0.4, 0.5) is 5.95 Å². The van der Waals surface area contributed by atoms with E-state index in [-0.39, 0.29) is 11.9 Å². The van der Waals surface area contributed by atoms with E-state index in [4.69, 9.17) is 0 Å². The van der Waals surface area contributed by atoms with Crippen molar-refractivity contribution >= 4 is 11.9 Å². The van der Waals surface area contributed by atoms with Gasteiger partial charge in [0.25, 0.3) is 5.91 Å². The van der Waals surface area contributed by atoms with Gasteiger partial charge in [0, 0.05) is 25.3 Å². The molecular weight excluding hydrogens is 288 g/mol. The lowest BCUT2D eigenvalue weighted by molar-refractivity contribution is 0.0779. The fourth-order valence-corrected chi connectivity index (χ4v) is 2.19. The van der Waals surface area contributed by atoms with Crippen molar-refractivity contribution < 1.29 is 4.79 Å². The van der Waals surface area contributed by atoms with E-state index in [1.807, 2.05) is 37.3 Å². The predicted octanol–water partition coefficient (Wildman–Crippen LogP) is 3.27. The molecule has 0 fully saturated rings. The Hall–Kier alpha value is -2.43. The van der Waals surface area contributed by atoms with E-state index in [0.29, 0.717) is 18.2 Å². The van der Waals surface area contributed by atoms with Gasteiger partial charge < -0.3 is 10.2 Å². The summed E-state index contributed by atoms with van der Waals surface area (Å²) in [5.74, 6) is 0.405. The first-order valence-electron chi connectivity index (χ1n) is 7.91. The van der Waals surface area contributed by atoms with Crippen LogP contribution in [0.1, 0.15) is 42.0 Å². The Morgan fingerprint density at radius 2 is 1.96 bits per heavy atom. The van der Waals surface area contributed by atoms with Crippen LogP contribution in [0.5, 0.6) is 0 Å². The number of anilines is 1. The number of amides is 1. The summed E-state index contributed by atoms with van der Waals surface area (Å²) in [4.78, 5) is 23.0. The number of carbonyl (C=O) groups is 1. The molecule has 0 spiro atoms. The summed E-state index contributed by atoms with van der Waals surface area (Å²) in [6.45, 7) is 6.58. The predicted molar refractivity (Wildman–Crippen MR) is 92.4 cm³/mol. The van der Waals surface area contributed by atoms with Crippen LogP contribution in [-0.4, -0.2) is 33.9 Å². The SMILES string of the molecule is CCC(C)Nc1nc(C)cc(C(=O)N(C)Cc2ccccc2)n1. The van der Waals surface area contributed by atoms with Gasteiger partial charge in [-0.1, -0.05) is 37.3 Å². The molecule has 1 atom stereocenters. The quantitative estimate of drug-likeness (QED) is 0.889. The zero-order valence-corrected chi connectivity index (χ0v) is 14.2. The van der Waals surface area contributed by atoms with Crippen molar-refractivity contribution in [3.63, 3.8) is 0 Å². The Balaban J connectivity index is 2.14. The summed E-state index contributed by atoms with van der Waals surface area (Å²) in [6, 6.07) is 11.9. The molecule has 2 aromatic rings. The fraction of sp³-hybridized carbons (Fsp3) is 0.389. The van der Waals surface area contributed by atoms with Crippen LogP contribution in [0.15, 0.2) is 36.4 Å². The van der Waals surface area contributed by atoms with E-state index < -0.39 is 0 Å². The van der Waals surface area contributed by atoms with Crippen LogP contribution < -0.4 is 5.32 Å². The van der Waals surface area contributed by atoms with E-state index in [9.17, 15) is 4.79 Å². The molecule has 1 unspecified atom stereocenters. The number of benzene rings is 1. The summed E-state index contributed by atoms with van der Waals surface area (Å²) < 4.78 is 0. The van der Waals surface area contributed by atoms with Gasteiger partial charge in [-0.2, -0.15) is 0 Å². The van der Waals surface area contributed by atoms with E-state index in [1.165, 1.54) is 0 Å². The lowest BCUT2D eigenvalue weighted by atomic mass is 10.2. The number of aromatic nitrogens is 2. The minimum atomic E-state index is -0.105. The highest BCUT2D eigenvalue weighted by Gasteiger charge is 2.16. The highest BCUT2D eigenvalue weighted by atomic mass is 16.2. The monoisotopic (exact) mass is 312 g/mol. The van der Waals surface area contributed by atoms with E-state index in [0.717, 1.165) is 17.7 Å². The number of hydrogen-bond donors (Lipinski definition) is 1. The Morgan fingerprint density at radius 1 is 1.26 bits per heavy atom. The molecule has 122 valence electrons. The summed E-state index contributed by atoms with van der Waals surface area (Å²) in [6.07, 6.45) is 0.967. The molecular formula is C18H24N4O. The van der Waals surface area contributed by atoms with Crippen LogP contribution in [-0.2, 0) is 6.54 Å². The molecule has 1 heterocycles. The summed E-state index contributed by atoms with van der Waals surface area (Å²) in [5.41, 5.74) is 2.29. The molecule has 1 aromatic carbocycles. The van der Waals surface area contributed by atoms with Gasteiger partial charge in [0.15, 0.2) is 0 Å². The molecule has 2 rings (SSSR count). The number of hydrogen-bond acceptors (Lipinski definition) is 4. The van der Waals surface area contributed by atoms with Crippen LogP contribution >= 0.6 is 0 Å². The van der Waals surface area contributed by atoms with Gasteiger partial charge in [-0.25, -0.2) is 9.97 Å².